The molecule has 0 spiro atoms. The van der Waals surface area contributed by atoms with Crippen LogP contribution < -0.4 is 10.4 Å². The predicted molar refractivity (Wildman–Crippen MR) is 86.5 cm³/mol. The molecule has 0 aromatic carbocycles. The smallest absolute Gasteiger partial charge is 0.449 e. The summed E-state index contributed by atoms with van der Waals surface area (Å²) in [5.74, 6) is 0.140. The SMILES string of the molecule is CCOC(=O)N(C)c1ncc(B(O)OC(C)(C)C(C)(C)O)cn1. The van der Waals surface area contributed by atoms with Crippen molar-refractivity contribution >= 4 is 24.6 Å². The van der Waals surface area contributed by atoms with E-state index >= 15 is 0 Å². The van der Waals surface area contributed by atoms with Gasteiger partial charge in [-0.25, -0.2) is 19.7 Å². The summed E-state index contributed by atoms with van der Waals surface area (Å²) in [5.41, 5.74) is -1.84. The molecular weight excluding hydrogens is 301 g/mol. The molecule has 0 aliphatic rings. The van der Waals surface area contributed by atoms with Crippen molar-refractivity contribution < 1.29 is 24.3 Å². The molecule has 1 rings (SSSR count). The summed E-state index contributed by atoms with van der Waals surface area (Å²) in [7, 11) is 0.176. The Balaban J connectivity index is 2.82. The fraction of sp³-hybridized carbons (Fsp3) is 0.643. The Kier molecular flexibility index (Phi) is 6.09. The van der Waals surface area contributed by atoms with Crippen molar-refractivity contribution in [2.24, 2.45) is 0 Å². The monoisotopic (exact) mass is 325 g/mol. The lowest BCUT2D eigenvalue weighted by molar-refractivity contribution is -0.0982. The Morgan fingerprint density at radius 1 is 1.30 bits per heavy atom. The van der Waals surface area contributed by atoms with Gasteiger partial charge < -0.3 is 19.5 Å². The molecule has 0 saturated carbocycles. The topological polar surface area (TPSA) is 105 Å². The van der Waals surface area contributed by atoms with E-state index in [9.17, 15) is 14.9 Å². The van der Waals surface area contributed by atoms with Crippen molar-refractivity contribution in [2.45, 2.75) is 45.8 Å². The number of nitrogens with zero attached hydrogens (tertiary/aromatic N) is 3. The van der Waals surface area contributed by atoms with E-state index in [1.54, 1.807) is 34.6 Å². The maximum Gasteiger partial charge on any atom is 0.494 e. The van der Waals surface area contributed by atoms with Gasteiger partial charge >= 0.3 is 13.2 Å². The molecule has 0 atom stereocenters. The summed E-state index contributed by atoms with van der Waals surface area (Å²) in [4.78, 5) is 20.7. The lowest BCUT2D eigenvalue weighted by Gasteiger charge is -2.38. The van der Waals surface area contributed by atoms with Gasteiger partial charge in [-0.15, -0.1) is 0 Å². The number of carbonyl (C=O) groups is 1. The minimum atomic E-state index is -1.31. The van der Waals surface area contributed by atoms with Crippen LogP contribution in [0.2, 0.25) is 0 Å². The third kappa shape index (κ3) is 4.88. The highest BCUT2D eigenvalue weighted by Crippen LogP contribution is 2.25. The lowest BCUT2D eigenvalue weighted by Crippen LogP contribution is -2.53. The Labute approximate surface area is 136 Å². The molecule has 8 nitrogen and oxygen atoms in total. The number of aromatic nitrogens is 2. The Morgan fingerprint density at radius 3 is 2.26 bits per heavy atom. The maximum absolute atomic E-state index is 11.6. The first-order valence-electron chi connectivity index (χ1n) is 7.30. The molecule has 0 radical (unpaired) electrons. The van der Waals surface area contributed by atoms with Gasteiger partial charge in [0.2, 0.25) is 5.95 Å². The van der Waals surface area contributed by atoms with Gasteiger partial charge in [-0.05, 0) is 34.6 Å². The highest BCUT2D eigenvalue weighted by molar-refractivity contribution is 6.59. The zero-order valence-electron chi connectivity index (χ0n) is 14.4. The molecule has 0 bridgehead atoms. The van der Waals surface area contributed by atoms with E-state index in [1.165, 1.54) is 19.4 Å². The molecule has 23 heavy (non-hydrogen) atoms. The molecular formula is C14H24BN3O5. The molecule has 9 heteroatoms. The van der Waals surface area contributed by atoms with Crippen molar-refractivity contribution in [3.05, 3.63) is 12.4 Å². The van der Waals surface area contributed by atoms with Gasteiger partial charge in [0.15, 0.2) is 0 Å². The van der Waals surface area contributed by atoms with Crippen LogP contribution in [0, 0.1) is 0 Å². The van der Waals surface area contributed by atoms with Gasteiger partial charge in [0.1, 0.15) is 0 Å². The summed E-state index contributed by atoms with van der Waals surface area (Å²) in [6.45, 7) is 8.47. The minimum Gasteiger partial charge on any atom is -0.449 e. The van der Waals surface area contributed by atoms with Gasteiger partial charge in [0.05, 0.1) is 17.8 Å². The van der Waals surface area contributed by atoms with Crippen LogP contribution in [0.15, 0.2) is 12.4 Å². The van der Waals surface area contributed by atoms with Gasteiger partial charge in [-0.1, -0.05) is 0 Å². The van der Waals surface area contributed by atoms with E-state index in [-0.39, 0.29) is 12.6 Å². The number of hydrogen-bond acceptors (Lipinski definition) is 7. The summed E-state index contributed by atoms with van der Waals surface area (Å²) in [5, 5.41) is 20.2. The number of rotatable bonds is 6. The molecule has 0 saturated heterocycles. The van der Waals surface area contributed by atoms with Gasteiger partial charge in [-0.3, -0.25) is 0 Å². The quantitative estimate of drug-likeness (QED) is 0.726. The van der Waals surface area contributed by atoms with Crippen LogP contribution in [0.3, 0.4) is 0 Å². The second-order valence-electron chi connectivity index (χ2n) is 6.11. The maximum atomic E-state index is 11.6. The van der Waals surface area contributed by atoms with Crippen LogP contribution in [0.5, 0.6) is 0 Å². The standard InChI is InChI=1S/C14H24BN3O5/c1-7-22-12(19)18(6)11-16-8-10(9-17-11)15(21)23-14(4,5)13(2,3)20/h8-9,20-21H,7H2,1-6H3. The molecule has 0 fully saturated rings. The molecule has 2 N–H and O–H groups in total. The average Bonchev–Trinajstić information content (AvgIpc) is 2.45. The first-order valence-corrected chi connectivity index (χ1v) is 7.30. The Bertz CT molecular complexity index is 530. The van der Waals surface area contributed by atoms with E-state index < -0.39 is 24.4 Å². The zero-order chi connectivity index (χ0) is 17.8. The summed E-state index contributed by atoms with van der Waals surface area (Å²) >= 11 is 0. The van der Waals surface area contributed by atoms with E-state index in [2.05, 4.69) is 9.97 Å². The molecule has 1 aromatic rings. The first-order chi connectivity index (χ1) is 10.5. The third-order valence-electron chi connectivity index (χ3n) is 3.66. The van der Waals surface area contributed by atoms with Crippen LogP contribution >= 0.6 is 0 Å². The van der Waals surface area contributed by atoms with E-state index in [0.29, 0.717) is 5.46 Å². The molecule has 1 aromatic heterocycles. The van der Waals surface area contributed by atoms with Crippen molar-refractivity contribution in [3.63, 3.8) is 0 Å². The van der Waals surface area contributed by atoms with Gasteiger partial charge in [-0.2, -0.15) is 0 Å². The normalized spacial score (nSPS) is 12.0. The second-order valence-corrected chi connectivity index (χ2v) is 6.11. The Hall–Kier alpha value is -1.71. The largest absolute Gasteiger partial charge is 0.494 e. The van der Waals surface area contributed by atoms with Crippen molar-refractivity contribution in [1.29, 1.82) is 0 Å². The van der Waals surface area contributed by atoms with Crippen LogP contribution in [0.25, 0.3) is 0 Å². The van der Waals surface area contributed by atoms with Crippen LogP contribution in [0.1, 0.15) is 34.6 Å². The van der Waals surface area contributed by atoms with E-state index in [4.69, 9.17) is 9.39 Å². The summed E-state index contributed by atoms with van der Waals surface area (Å²) < 4.78 is 10.3. The molecule has 0 aliphatic carbocycles. The number of hydrogen-bond donors (Lipinski definition) is 2. The Morgan fingerprint density at radius 2 is 1.83 bits per heavy atom. The molecule has 1 amide bonds. The van der Waals surface area contributed by atoms with Gasteiger partial charge in [0.25, 0.3) is 0 Å². The predicted octanol–water partition coefficient (Wildman–Crippen LogP) is 0.323. The van der Waals surface area contributed by atoms with E-state index in [1.807, 2.05) is 0 Å². The van der Waals surface area contributed by atoms with Crippen LogP contribution in [0.4, 0.5) is 10.7 Å². The van der Waals surface area contributed by atoms with E-state index in [0.717, 1.165) is 4.90 Å². The van der Waals surface area contributed by atoms with Crippen LogP contribution in [-0.4, -0.2) is 58.2 Å². The molecule has 0 unspecified atom stereocenters. The number of carbonyl (C=O) groups excluding carboxylic acids is 1. The first kappa shape index (κ1) is 19.3. The number of amides is 1. The number of aliphatic hydroxyl groups is 1. The van der Waals surface area contributed by atoms with Crippen molar-refractivity contribution in [3.8, 4) is 0 Å². The third-order valence-corrected chi connectivity index (χ3v) is 3.66. The highest BCUT2D eigenvalue weighted by Gasteiger charge is 2.39. The van der Waals surface area contributed by atoms with Crippen molar-refractivity contribution in [2.75, 3.05) is 18.6 Å². The fourth-order valence-corrected chi connectivity index (χ4v) is 1.43. The fourth-order valence-electron chi connectivity index (χ4n) is 1.43. The lowest BCUT2D eigenvalue weighted by atomic mass is 9.78. The second kappa shape index (κ2) is 7.24. The summed E-state index contributed by atoms with van der Waals surface area (Å²) in [6.07, 6.45) is 2.13. The van der Waals surface area contributed by atoms with Crippen LogP contribution in [-0.2, 0) is 9.39 Å². The van der Waals surface area contributed by atoms with Gasteiger partial charge in [0, 0.05) is 24.9 Å². The molecule has 0 aliphatic heterocycles. The average molecular weight is 325 g/mol. The minimum absolute atomic E-state index is 0.140. The summed E-state index contributed by atoms with van der Waals surface area (Å²) in [6, 6.07) is 0. The van der Waals surface area contributed by atoms with Crippen molar-refractivity contribution in [1.82, 2.24) is 9.97 Å². The zero-order valence-corrected chi connectivity index (χ0v) is 14.4. The highest BCUT2D eigenvalue weighted by atomic mass is 16.6. The number of ether oxygens (including phenoxy) is 1. The molecule has 1 heterocycles. The number of anilines is 1. The molecule has 128 valence electrons.